The molecule has 3 aromatic rings. The van der Waals surface area contributed by atoms with E-state index in [1.165, 1.54) is 0 Å². The molecule has 2 fully saturated rings. The standard InChI is InChI=1S/C30H26Cl3NO5/c31-23-5-2-6-24(32)26(23)27-21(28(39-34-27)16-7-8-16)15-38-20-9-10-22(25(33)12-20)30(37)13-19(14-30)17-3-1-4-18(11-17)29(35)36/h1-6,9,11-12,16,19,22,37H,7-8,10,13-15H2,(H,35,36)/t19-,22?,30+. The van der Waals surface area contributed by atoms with E-state index in [4.69, 9.17) is 44.1 Å². The number of hydrogen-bond donors (Lipinski definition) is 2. The van der Waals surface area contributed by atoms with Crippen molar-refractivity contribution >= 4 is 40.8 Å². The summed E-state index contributed by atoms with van der Waals surface area (Å²) in [7, 11) is 0. The fourth-order valence-corrected chi connectivity index (χ4v) is 6.64. The van der Waals surface area contributed by atoms with Crippen molar-refractivity contribution in [2.24, 2.45) is 5.92 Å². The number of halogens is 3. The largest absolute Gasteiger partial charge is 0.489 e. The predicted molar refractivity (Wildman–Crippen MR) is 149 cm³/mol. The van der Waals surface area contributed by atoms with Crippen molar-refractivity contribution in [1.82, 2.24) is 5.16 Å². The lowest BCUT2D eigenvalue weighted by Crippen LogP contribution is -2.49. The first-order chi connectivity index (χ1) is 18.7. The van der Waals surface area contributed by atoms with Crippen molar-refractivity contribution in [2.75, 3.05) is 0 Å². The van der Waals surface area contributed by atoms with Gasteiger partial charge in [-0.25, -0.2) is 4.79 Å². The summed E-state index contributed by atoms with van der Waals surface area (Å²) >= 11 is 19.6. The predicted octanol–water partition coefficient (Wildman–Crippen LogP) is 8.08. The molecule has 2 saturated carbocycles. The summed E-state index contributed by atoms with van der Waals surface area (Å²) in [6.45, 7) is 0.218. The van der Waals surface area contributed by atoms with Gasteiger partial charge in [0.25, 0.3) is 0 Å². The monoisotopic (exact) mass is 585 g/mol. The molecule has 39 heavy (non-hydrogen) atoms. The van der Waals surface area contributed by atoms with Crippen LogP contribution in [-0.2, 0) is 11.3 Å². The van der Waals surface area contributed by atoms with Gasteiger partial charge in [-0.2, -0.15) is 0 Å². The van der Waals surface area contributed by atoms with Crippen molar-refractivity contribution in [3.63, 3.8) is 0 Å². The maximum atomic E-state index is 11.3. The molecule has 1 aromatic heterocycles. The summed E-state index contributed by atoms with van der Waals surface area (Å²) in [4.78, 5) is 11.3. The molecule has 0 radical (unpaired) electrons. The smallest absolute Gasteiger partial charge is 0.335 e. The molecule has 3 aliphatic rings. The average molecular weight is 587 g/mol. The average Bonchev–Trinajstić information content (AvgIpc) is 3.66. The number of hydrogen-bond acceptors (Lipinski definition) is 5. The highest BCUT2D eigenvalue weighted by molar-refractivity contribution is 6.39. The molecule has 202 valence electrons. The molecule has 2 aromatic carbocycles. The van der Waals surface area contributed by atoms with Crippen molar-refractivity contribution in [3.05, 3.63) is 97.9 Å². The molecule has 1 heterocycles. The SMILES string of the molecule is O=C(O)c1cccc([C@H]2C[C@](O)(C3CC=C(OCc4c(-c5c(Cl)cccc5Cl)noc4C4CC4)C=C3Cl)C2)c1. The van der Waals surface area contributed by atoms with E-state index in [-0.39, 0.29) is 24.0 Å². The van der Waals surface area contributed by atoms with E-state index in [2.05, 4.69) is 5.16 Å². The molecule has 1 unspecified atom stereocenters. The Morgan fingerprint density at radius 3 is 2.46 bits per heavy atom. The number of carbonyl (C=O) groups is 1. The van der Waals surface area contributed by atoms with Gasteiger partial charge in [0.1, 0.15) is 23.8 Å². The van der Waals surface area contributed by atoms with Gasteiger partial charge in [-0.05, 0) is 80.0 Å². The molecule has 2 N–H and O–H groups in total. The molecule has 0 saturated heterocycles. The molecule has 1 atom stereocenters. The Labute approximate surface area is 240 Å². The Kier molecular flexibility index (Phi) is 7.00. The summed E-state index contributed by atoms with van der Waals surface area (Å²) in [5.41, 5.74) is 2.24. The van der Waals surface area contributed by atoms with Gasteiger partial charge in [0.15, 0.2) is 0 Å². The van der Waals surface area contributed by atoms with E-state index in [1.807, 2.05) is 12.1 Å². The minimum Gasteiger partial charge on any atom is -0.489 e. The lowest BCUT2D eigenvalue weighted by Gasteiger charge is -2.49. The lowest BCUT2D eigenvalue weighted by atomic mass is 9.61. The number of aromatic nitrogens is 1. The van der Waals surface area contributed by atoms with Gasteiger partial charge in [0, 0.05) is 22.4 Å². The number of ether oxygens (including phenoxy) is 1. The van der Waals surface area contributed by atoms with Crippen LogP contribution in [-0.4, -0.2) is 26.9 Å². The van der Waals surface area contributed by atoms with Crippen molar-refractivity contribution < 1.29 is 24.3 Å². The van der Waals surface area contributed by atoms with E-state index in [1.54, 1.807) is 42.5 Å². The van der Waals surface area contributed by atoms with Crippen LogP contribution in [0.5, 0.6) is 0 Å². The fraction of sp³-hybridized carbons (Fsp3) is 0.333. The Bertz CT molecular complexity index is 1480. The van der Waals surface area contributed by atoms with Crippen molar-refractivity contribution in [1.29, 1.82) is 0 Å². The quantitative estimate of drug-likeness (QED) is 0.277. The van der Waals surface area contributed by atoms with E-state index < -0.39 is 11.6 Å². The van der Waals surface area contributed by atoms with Crippen LogP contribution in [0.15, 0.2) is 69.9 Å². The highest BCUT2D eigenvalue weighted by atomic mass is 35.5. The molecule has 6 nitrogen and oxygen atoms in total. The van der Waals surface area contributed by atoms with Crippen LogP contribution in [0, 0.1) is 5.92 Å². The van der Waals surface area contributed by atoms with E-state index in [0.717, 1.165) is 29.7 Å². The van der Waals surface area contributed by atoms with E-state index in [9.17, 15) is 15.0 Å². The van der Waals surface area contributed by atoms with Gasteiger partial charge in [-0.15, -0.1) is 0 Å². The van der Waals surface area contributed by atoms with Crippen LogP contribution in [0.4, 0.5) is 0 Å². The van der Waals surface area contributed by atoms with Crippen molar-refractivity contribution in [2.45, 2.75) is 56.1 Å². The number of carboxylic acids is 1. The highest BCUT2D eigenvalue weighted by Gasteiger charge is 2.50. The number of carboxylic acid groups (broad SMARTS) is 1. The number of rotatable bonds is 8. The normalized spacial score (nSPS) is 24.5. The van der Waals surface area contributed by atoms with Gasteiger partial charge >= 0.3 is 5.97 Å². The van der Waals surface area contributed by atoms with Crippen LogP contribution in [0.25, 0.3) is 11.3 Å². The van der Waals surface area contributed by atoms with Gasteiger partial charge in [-0.1, -0.05) is 58.2 Å². The second kappa shape index (κ2) is 10.3. The maximum absolute atomic E-state index is 11.3. The number of nitrogens with zero attached hydrogens (tertiary/aromatic N) is 1. The van der Waals surface area contributed by atoms with Gasteiger partial charge < -0.3 is 19.5 Å². The minimum absolute atomic E-state index is 0.0879. The van der Waals surface area contributed by atoms with E-state index >= 15 is 0 Å². The molecule has 3 aliphatic carbocycles. The number of allylic oxidation sites excluding steroid dienone is 2. The molecular weight excluding hydrogens is 561 g/mol. The minimum atomic E-state index is -0.958. The topological polar surface area (TPSA) is 92.8 Å². The third-order valence-corrected chi connectivity index (χ3v) is 8.97. The maximum Gasteiger partial charge on any atom is 0.335 e. The Balaban J connectivity index is 1.14. The van der Waals surface area contributed by atoms with Crippen LogP contribution in [0.1, 0.15) is 71.2 Å². The summed E-state index contributed by atoms with van der Waals surface area (Å²) in [6.07, 6.45) is 7.34. The molecule has 0 aliphatic heterocycles. The van der Waals surface area contributed by atoms with E-state index in [0.29, 0.717) is 57.3 Å². The van der Waals surface area contributed by atoms with Crippen molar-refractivity contribution in [3.8, 4) is 11.3 Å². The first-order valence-corrected chi connectivity index (χ1v) is 14.1. The first-order valence-electron chi connectivity index (χ1n) is 12.9. The molecule has 0 spiro atoms. The zero-order valence-corrected chi connectivity index (χ0v) is 23.1. The molecule has 9 heteroatoms. The fourth-order valence-electron chi connectivity index (χ4n) is 5.66. The Morgan fingerprint density at radius 1 is 1.08 bits per heavy atom. The lowest BCUT2D eigenvalue weighted by molar-refractivity contribution is -0.0836. The Morgan fingerprint density at radius 2 is 1.79 bits per heavy atom. The van der Waals surface area contributed by atoms with Crippen LogP contribution < -0.4 is 0 Å². The third-order valence-electron chi connectivity index (χ3n) is 7.97. The second-order valence-electron chi connectivity index (χ2n) is 10.6. The summed E-state index contributed by atoms with van der Waals surface area (Å²) in [6, 6.07) is 12.2. The number of aromatic carboxylic acids is 1. The molecule has 0 bridgehead atoms. The number of aliphatic hydroxyl groups is 1. The zero-order chi connectivity index (χ0) is 27.3. The number of benzene rings is 2. The summed E-state index contributed by atoms with van der Waals surface area (Å²) in [5.74, 6) is 0.605. The van der Waals surface area contributed by atoms with Crippen LogP contribution >= 0.6 is 34.8 Å². The molecular formula is C30H26Cl3NO5. The third kappa shape index (κ3) is 5.11. The summed E-state index contributed by atoms with van der Waals surface area (Å²) < 4.78 is 11.9. The van der Waals surface area contributed by atoms with Crippen LogP contribution in [0.2, 0.25) is 10.0 Å². The van der Waals surface area contributed by atoms with Gasteiger partial charge in [-0.3, -0.25) is 0 Å². The van der Waals surface area contributed by atoms with Gasteiger partial charge in [0.05, 0.1) is 26.8 Å². The molecule has 6 rings (SSSR count). The summed E-state index contributed by atoms with van der Waals surface area (Å²) in [5, 5.41) is 26.4. The van der Waals surface area contributed by atoms with Crippen LogP contribution in [0.3, 0.4) is 0 Å². The molecule has 0 amide bonds. The van der Waals surface area contributed by atoms with Gasteiger partial charge in [0.2, 0.25) is 0 Å². The zero-order valence-electron chi connectivity index (χ0n) is 20.9. The Hall–Kier alpha value is -2.77. The highest BCUT2D eigenvalue weighted by Crippen LogP contribution is 2.53. The first kappa shape index (κ1) is 26.5. The second-order valence-corrected chi connectivity index (χ2v) is 11.8.